The van der Waals surface area contributed by atoms with Crippen LogP contribution in [0.25, 0.3) is 0 Å². The first-order valence-corrected chi connectivity index (χ1v) is 11.5. The molecule has 0 aromatic heterocycles. The molecule has 2 unspecified atom stereocenters. The third-order valence-electron chi connectivity index (χ3n) is 5.64. The maximum Gasteiger partial charge on any atom is 0.0770 e. The molecule has 0 aliphatic rings. The van der Waals surface area contributed by atoms with Crippen molar-refractivity contribution in [3.8, 4) is 0 Å². The van der Waals surface area contributed by atoms with Crippen molar-refractivity contribution >= 4 is 0 Å². The van der Waals surface area contributed by atoms with Crippen molar-refractivity contribution in [2.45, 2.75) is 136 Å². The van der Waals surface area contributed by atoms with E-state index in [2.05, 4.69) is 13.8 Å². The second kappa shape index (κ2) is 20.2. The van der Waals surface area contributed by atoms with Gasteiger partial charge in [0.25, 0.3) is 0 Å². The molecule has 0 bridgehead atoms. The monoisotopic (exact) mass is 356 g/mol. The van der Waals surface area contributed by atoms with Crippen molar-refractivity contribution < 1.29 is 10.2 Å². The normalized spacial score (nSPS) is 13.9. The lowest BCUT2D eigenvalue weighted by atomic mass is 9.99. The van der Waals surface area contributed by atoms with Crippen molar-refractivity contribution in [3.05, 3.63) is 0 Å². The summed E-state index contributed by atoms with van der Waals surface area (Å²) in [4.78, 5) is 0. The Hall–Kier alpha value is -0.0800. The zero-order valence-corrected chi connectivity index (χ0v) is 17.5. The lowest BCUT2D eigenvalue weighted by Gasteiger charge is -2.07. The summed E-state index contributed by atoms with van der Waals surface area (Å²) in [6, 6.07) is 0. The zero-order chi connectivity index (χ0) is 18.6. The maximum absolute atomic E-state index is 9.25. The Morgan fingerprint density at radius 2 is 0.880 bits per heavy atom. The zero-order valence-electron chi connectivity index (χ0n) is 17.5. The van der Waals surface area contributed by atoms with E-state index in [0.717, 1.165) is 18.8 Å². The van der Waals surface area contributed by atoms with Gasteiger partial charge < -0.3 is 10.2 Å². The molecule has 2 N–H and O–H groups in total. The Morgan fingerprint density at radius 3 is 1.20 bits per heavy atom. The predicted octanol–water partition coefficient (Wildman–Crippen LogP) is 7.02. The van der Waals surface area contributed by atoms with Crippen LogP contribution in [0.15, 0.2) is 0 Å². The molecule has 2 nitrogen and oxygen atoms in total. The van der Waals surface area contributed by atoms with Gasteiger partial charge in [-0.1, -0.05) is 123 Å². The molecule has 0 spiro atoms. The molecule has 152 valence electrons. The van der Waals surface area contributed by atoms with E-state index >= 15 is 0 Å². The van der Waals surface area contributed by atoms with E-state index in [4.69, 9.17) is 5.11 Å². The quantitative estimate of drug-likeness (QED) is 0.230. The van der Waals surface area contributed by atoms with Gasteiger partial charge in [0.05, 0.1) is 12.7 Å². The molecule has 25 heavy (non-hydrogen) atoms. The Bertz CT molecular complexity index is 218. The first kappa shape index (κ1) is 24.9. The van der Waals surface area contributed by atoms with Crippen LogP contribution < -0.4 is 0 Å². The molecule has 0 amide bonds. The van der Waals surface area contributed by atoms with E-state index in [9.17, 15) is 5.11 Å². The summed E-state index contributed by atoms with van der Waals surface area (Å²) >= 11 is 0. The minimum atomic E-state index is -0.496. The number of hydrogen-bond acceptors (Lipinski definition) is 2. The van der Waals surface area contributed by atoms with Crippen molar-refractivity contribution in [2.75, 3.05) is 6.61 Å². The molecule has 0 aromatic rings. The van der Waals surface area contributed by atoms with Crippen LogP contribution in [-0.4, -0.2) is 22.9 Å². The molecule has 0 fully saturated rings. The molecule has 0 radical (unpaired) electrons. The summed E-state index contributed by atoms with van der Waals surface area (Å²) in [5, 5.41) is 18.0. The Balaban J connectivity index is 3.03. The van der Waals surface area contributed by atoms with Gasteiger partial charge in [-0.2, -0.15) is 0 Å². The van der Waals surface area contributed by atoms with Gasteiger partial charge >= 0.3 is 0 Å². The largest absolute Gasteiger partial charge is 0.394 e. The van der Waals surface area contributed by atoms with E-state index in [1.54, 1.807) is 0 Å². The standard InChI is InChI=1S/C23H48O2/c1-3-22(2)19-17-15-13-11-9-7-5-4-6-8-10-12-14-16-18-20-23(25)21-24/h22-25H,3-21H2,1-2H3. The fourth-order valence-corrected chi connectivity index (χ4v) is 3.47. The smallest absolute Gasteiger partial charge is 0.0770 e. The number of aliphatic hydroxyl groups excluding tert-OH is 2. The Labute approximate surface area is 158 Å². The number of rotatable bonds is 20. The topological polar surface area (TPSA) is 40.5 Å². The minimum absolute atomic E-state index is 0.0851. The fourth-order valence-electron chi connectivity index (χ4n) is 3.47. The minimum Gasteiger partial charge on any atom is -0.394 e. The van der Waals surface area contributed by atoms with Crippen molar-refractivity contribution in [1.29, 1.82) is 0 Å². The van der Waals surface area contributed by atoms with Crippen LogP contribution in [0.4, 0.5) is 0 Å². The van der Waals surface area contributed by atoms with E-state index in [-0.39, 0.29) is 6.61 Å². The van der Waals surface area contributed by atoms with Crippen LogP contribution in [0.5, 0.6) is 0 Å². The maximum atomic E-state index is 9.25. The predicted molar refractivity (Wildman–Crippen MR) is 111 cm³/mol. The molecule has 2 atom stereocenters. The van der Waals surface area contributed by atoms with Gasteiger partial charge in [-0.15, -0.1) is 0 Å². The van der Waals surface area contributed by atoms with E-state index in [1.807, 2.05) is 0 Å². The van der Waals surface area contributed by atoms with Crippen LogP contribution in [0.2, 0.25) is 0 Å². The lowest BCUT2D eigenvalue weighted by Crippen LogP contribution is -2.10. The number of hydrogen-bond donors (Lipinski definition) is 2. The van der Waals surface area contributed by atoms with Crippen LogP contribution in [0, 0.1) is 5.92 Å². The summed E-state index contributed by atoms with van der Waals surface area (Å²) in [6.07, 6.45) is 23.6. The highest BCUT2D eigenvalue weighted by atomic mass is 16.3. The second-order valence-electron chi connectivity index (χ2n) is 8.23. The van der Waals surface area contributed by atoms with Gasteiger partial charge in [0.2, 0.25) is 0 Å². The highest BCUT2D eigenvalue weighted by Gasteiger charge is 2.01. The van der Waals surface area contributed by atoms with Crippen molar-refractivity contribution in [2.24, 2.45) is 5.92 Å². The van der Waals surface area contributed by atoms with Crippen LogP contribution in [0.1, 0.15) is 129 Å². The van der Waals surface area contributed by atoms with Crippen LogP contribution in [-0.2, 0) is 0 Å². The highest BCUT2D eigenvalue weighted by molar-refractivity contribution is 4.54. The molecule has 0 aliphatic carbocycles. The summed E-state index contributed by atoms with van der Waals surface area (Å²) in [6.45, 7) is 4.60. The third-order valence-corrected chi connectivity index (χ3v) is 5.64. The van der Waals surface area contributed by atoms with Crippen LogP contribution >= 0.6 is 0 Å². The van der Waals surface area contributed by atoms with Crippen molar-refractivity contribution in [3.63, 3.8) is 0 Å². The van der Waals surface area contributed by atoms with Crippen LogP contribution in [0.3, 0.4) is 0 Å². The van der Waals surface area contributed by atoms with E-state index < -0.39 is 6.10 Å². The third kappa shape index (κ3) is 20.1. The highest BCUT2D eigenvalue weighted by Crippen LogP contribution is 2.16. The average molecular weight is 357 g/mol. The molecule has 2 heteroatoms. The van der Waals surface area contributed by atoms with Gasteiger partial charge in [0, 0.05) is 0 Å². The number of aliphatic hydroxyl groups is 2. The molecular weight excluding hydrogens is 308 g/mol. The van der Waals surface area contributed by atoms with Gasteiger partial charge in [0.15, 0.2) is 0 Å². The van der Waals surface area contributed by atoms with E-state index in [1.165, 1.54) is 103 Å². The van der Waals surface area contributed by atoms with Gasteiger partial charge in [0.1, 0.15) is 0 Å². The SMILES string of the molecule is CCC(C)CCCCCCCCCCCCCCCCCC(O)CO. The fraction of sp³-hybridized carbons (Fsp3) is 1.00. The average Bonchev–Trinajstić information content (AvgIpc) is 2.63. The summed E-state index contributed by atoms with van der Waals surface area (Å²) in [5.74, 6) is 0.930. The van der Waals surface area contributed by atoms with E-state index in [0.29, 0.717) is 0 Å². The van der Waals surface area contributed by atoms with Gasteiger partial charge in [-0.25, -0.2) is 0 Å². The first-order chi connectivity index (χ1) is 12.2. The summed E-state index contributed by atoms with van der Waals surface area (Å²) in [7, 11) is 0. The molecule has 0 heterocycles. The lowest BCUT2D eigenvalue weighted by molar-refractivity contribution is 0.0860. The van der Waals surface area contributed by atoms with Gasteiger partial charge in [-0.05, 0) is 12.3 Å². The molecular formula is C23H48O2. The van der Waals surface area contributed by atoms with Gasteiger partial charge in [-0.3, -0.25) is 0 Å². The number of unbranched alkanes of at least 4 members (excludes halogenated alkanes) is 14. The Kier molecular flexibility index (Phi) is 20.2. The van der Waals surface area contributed by atoms with Crippen molar-refractivity contribution in [1.82, 2.24) is 0 Å². The molecule has 0 saturated heterocycles. The molecule has 0 rings (SSSR count). The first-order valence-electron chi connectivity index (χ1n) is 11.5. The molecule has 0 saturated carbocycles. The Morgan fingerprint density at radius 1 is 0.560 bits per heavy atom. The molecule has 0 aliphatic heterocycles. The molecule has 0 aromatic carbocycles. The summed E-state index contributed by atoms with van der Waals surface area (Å²) < 4.78 is 0. The summed E-state index contributed by atoms with van der Waals surface area (Å²) in [5.41, 5.74) is 0. The second-order valence-corrected chi connectivity index (χ2v) is 8.23.